The molecule has 0 bridgehead atoms. The Labute approximate surface area is 113 Å². The Morgan fingerprint density at radius 1 is 1.33 bits per heavy atom. The van der Waals surface area contributed by atoms with Gasteiger partial charge in [-0.2, -0.15) is 5.10 Å². The van der Waals surface area contributed by atoms with Crippen molar-refractivity contribution in [2.75, 3.05) is 13.2 Å². The molecule has 2 aromatic heterocycles. The average Bonchev–Trinajstić information content (AvgIpc) is 2.97. The number of aryl methyl sites for hydroxylation is 1. The lowest BCUT2D eigenvalue weighted by Gasteiger charge is -2.21. The van der Waals surface area contributed by atoms with Crippen LogP contribution in [0.1, 0.15) is 18.9 Å². The molecule has 0 radical (unpaired) electrons. The predicted octanol–water partition coefficient (Wildman–Crippen LogP) is 1.79. The summed E-state index contributed by atoms with van der Waals surface area (Å²) in [4.78, 5) is 0. The van der Waals surface area contributed by atoms with Gasteiger partial charge in [0.1, 0.15) is 11.4 Å². The number of ether oxygens (including phenoxy) is 1. The molecule has 1 fully saturated rings. The van der Waals surface area contributed by atoms with Crippen LogP contribution < -0.4 is 0 Å². The maximum absolute atomic E-state index is 5.35. The van der Waals surface area contributed by atoms with Gasteiger partial charge in [-0.1, -0.05) is 5.21 Å². The number of halogens is 1. The molecular formula is C11H14BrN5O. The van der Waals surface area contributed by atoms with E-state index in [-0.39, 0.29) is 0 Å². The lowest BCUT2D eigenvalue weighted by atomic mass is 10.1. The lowest BCUT2D eigenvalue weighted by Crippen LogP contribution is -2.19. The summed E-state index contributed by atoms with van der Waals surface area (Å²) in [6, 6.07) is 0.391. The molecule has 3 heterocycles. The molecule has 1 saturated heterocycles. The van der Waals surface area contributed by atoms with E-state index >= 15 is 0 Å². The molecule has 1 aliphatic rings. The molecule has 18 heavy (non-hydrogen) atoms. The highest BCUT2D eigenvalue weighted by molar-refractivity contribution is 9.10. The standard InChI is InChI=1S/C11H14BrN5O/c1-16-6-9(12)11(14-16)10-7-17(15-13-10)8-2-4-18-5-3-8/h6-8H,2-5H2,1H3. The highest BCUT2D eigenvalue weighted by Gasteiger charge is 2.19. The molecule has 7 heteroatoms. The zero-order chi connectivity index (χ0) is 12.5. The smallest absolute Gasteiger partial charge is 0.134 e. The Hall–Kier alpha value is -1.21. The second kappa shape index (κ2) is 4.81. The molecule has 6 nitrogen and oxygen atoms in total. The summed E-state index contributed by atoms with van der Waals surface area (Å²) in [7, 11) is 1.89. The monoisotopic (exact) mass is 311 g/mol. The van der Waals surface area contributed by atoms with E-state index in [2.05, 4.69) is 31.3 Å². The highest BCUT2D eigenvalue weighted by Crippen LogP contribution is 2.26. The van der Waals surface area contributed by atoms with E-state index in [9.17, 15) is 0 Å². The quantitative estimate of drug-likeness (QED) is 0.848. The van der Waals surface area contributed by atoms with E-state index in [1.807, 2.05) is 24.1 Å². The molecule has 0 N–H and O–H groups in total. The first kappa shape index (κ1) is 11.9. The van der Waals surface area contributed by atoms with Crippen molar-refractivity contribution in [3.63, 3.8) is 0 Å². The maximum atomic E-state index is 5.35. The van der Waals surface area contributed by atoms with Gasteiger partial charge in [0.25, 0.3) is 0 Å². The predicted molar refractivity (Wildman–Crippen MR) is 69.0 cm³/mol. The van der Waals surface area contributed by atoms with Gasteiger partial charge in [0, 0.05) is 26.5 Å². The molecule has 2 aromatic rings. The van der Waals surface area contributed by atoms with Crippen LogP contribution in [0, 0.1) is 0 Å². The number of hydrogen-bond acceptors (Lipinski definition) is 4. The topological polar surface area (TPSA) is 57.8 Å². The summed E-state index contributed by atoms with van der Waals surface area (Å²) in [5.41, 5.74) is 1.63. The van der Waals surface area contributed by atoms with Crippen molar-refractivity contribution < 1.29 is 4.74 Å². The van der Waals surface area contributed by atoms with Crippen LogP contribution in [-0.4, -0.2) is 38.0 Å². The van der Waals surface area contributed by atoms with Crippen LogP contribution in [0.2, 0.25) is 0 Å². The molecule has 0 unspecified atom stereocenters. The summed E-state index contributed by atoms with van der Waals surface area (Å²) in [5, 5.41) is 12.8. The molecule has 0 aliphatic carbocycles. The van der Waals surface area contributed by atoms with Crippen LogP contribution in [0.15, 0.2) is 16.9 Å². The molecule has 0 atom stereocenters. The van der Waals surface area contributed by atoms with Crippen LogP contribution in [0.5, 0.6) is 0 Å². The third-order valence-electron chi connectivity index (χ3n) is 3.10. The van der Waals surface area contributed by atoms with Gasteiger partial charge in [-0.25, -0.2) is 4.68 Å². The molecule has 0 spiro atoms. The van der Waals surface area contributed by atoms with Crippen molar-refractivity contribution in [1.82, 2.24) is 24.8 Å². The Morgan fingerprint density at radius 2 is 2.11 bits per heavy atom. The molecule has 3 rings (SSSR count). The third-order valence-corrected chi connectivity index (χ3v) is 3.68. The minimum atomic E-state index is 0.391. The van der Waals surface area contributed by atoms with Crippen molar-refractivity contribution in [2.45, 2.75) is 18.9 Å². The summed E-state index contributed by atoms with van der Waals surface area (Å²) in [5.74, 6) is 0. The van der Waals surface area contributed by atoms with Gasteiger partial charge in [0.15, 0.2) is 0 Å². The van der Waals surface area contributed by atoms with E-state index in [4.69, 9.17) is 4.74 Å². The molecule has 0 saturated carbocycles. The molecule has 1 aliphatic heterocycles. The second-order valence-corrected chi connectivity index (χ2v) is 5.28. The van der Waals surface area contributed by atoms with Crippen LogP contribution in [0.3, 0.4) is 0 Å². The summed E-state index contributed by atoms with van der Waals surface area (Å²) < 4.78 is 9.97. The van der Waals surface area contributed by atoms with Crippen molar-refractivity contribution in [2.24, 2.45) is 7.05 Å². The maximum Gasteiger partial charge on any atom is 0.134 e. The zero-order valence-electron chi connectivity index (χ0n) is 10.1. The van der Waals surface area contributed by atoms with Crippen LogP contribution in [-0.2, 0) is 11.8 Å². The van der Waals surface area contributed by atoms with Gasteiger partial charge in [-0.3, -0.25) is 4.68 Å². The lowest BCUT2D eigenvalue weighted by molar-refractivity contribution is 0.0657. The molecule has 96 valence electrons. The van der Waals surface area contributed by atoms with Crippen molar-refractivity contribution in [1.29, 1.82) is 0 Å². The van der Waals surface area contributed by atoms with E-state index in [0.717, 1.165) is 41.9 Å². The fourth-order valence-corrected chi connectivity index (χ4v) is 2.73. The number of hydrogen-bond donors (Lipinski definition) is 0. The van der Waals surface area contributed by atoms with Gasteiger partial charge < -0.3 is 4.74 Å². The first-order valence-electron chi connectivity index (χ1n) is 5.93. The fourth-order valence-electron chi connectivity index (χ4n) is 2.15. The third kappa shape index (κ3) is 2.20. The molecule has 0 aromatic carbocycles. The van der Waals surface area contributed by atoms with Gasteiger partial charge in [-0.15, -0.1) is 5.10 Å². The largest absolute Gasteiger partial charge is 0.381 e. The number of rotatable bonds is 2. The minimum Gasteiger partial charge on any atom is -0.381 e. The summed E-state index contributed by atoms with van der Waals surface area (Å²) in [6.07, 6.45) is 5.85. The van der Waals surface area contributed by atoms with E-state index in [1.54, 1.807) is 4.68 Å². The molecule has 0 amide bonds. The van der Waals surface area contributed by atoms with E-state index in [1.165, 1.54) is 0 Å². The number of nitrogens with zero attached hydrogens (tertiary/aromatic N) is 5. The number of aromatic nitrogens is 5. The Kier molecular flexibility index (Phi) is 3.17. The van der Waals surface area contributed by atoms with E-state index < -0.39 is 0 Å². The van der Waals surface area contributed by atoms with Crippen molar-refractivity contribution in [3.05, 3.63) is 16.9 Å². The average molecular weight is 312 g/mol. The van der Waals surface area contributed by atoms with Crippen LogP contribution >= 0.6 is 15.9 Å². The summed E-state index contributed by atoms with van der Waals surface area (Å²) >= 11 is 3.48. The van der Waals surface area contributed by atoms with Crippen LogP contribution in [0.25, 0.3) is 11.4 Å². The normalized spacial score (nSPS) is 17.2. The van der Waals surface area contributed by atoms with Crippen LogP contribution in [0.4, 0.5) is 0 Å². The van der Waals surface area contributed by atoms with E-state index in [0.29, 0.717) is 6.04 Å². The van der Waals surface area contributed by atoms with Gasteiger partial charge >= 0.3 is 0 Å². The van der Waals surface area contributed by atoms with Crippen molar-refractivity contribution >= 4 is 15.9 Å². The Morgan fingerprint density at radius 3 is 2.78 bits per heavy atom. The fraction of sp³-hybridized carbons (Fsp3) is 0.545. The van der Waals surface area contributed by atoms with Crippen molar-refractivity contribution in [3.8, 4) is 11.4 Å². The first-order chi connectivity index (χ1) is 8.74. The Bertz CT molecular complexity index is 543. The SMILES string of the molecule is Cn1cc(Br)c(-c2cn(C3CCOCC3)nn2)n1. The second-order valence-electron chi connectivity index (χ2n) is 4.43. The highest BCUT2D eigenvalue weighted by atomic mass is 79.9. The Balaban J connectivity index is 1.86. The zero-order valence-corrected chi connectivity index (χ0v) is 11.7. The summed E-state index contributed by atoms with van der Waals surface area (Å²) in [6.45, 7) is 1.60. The van der Waals surface area contributed by atoms with Gasteiger partial charge in [0.2, 0.25) is 0 Å². The first-order valence-corrected chi connectivity index (χ1v) is 6.72. The minimum absolute atomic E-state index is 0.391. The van der Waals surface area contributed by atoms with Gasteiger partial charge in [-0.05, 0) is 28.8 Å². The molecular weight excluding hydrogens is 298 g/mol. The van der Waals surface area contributed by atoms with Gasteiger partial charge in [0.05, 0.1) is 16.7 Å².